The van der Waals surface area contributed by atoms with Gasteiger partial charge in [0.15, 0.2) is 0 Å². The van der Waals surface area contributed by atoms with Crippen LogP contribution in [0.1, 0.15) is 47.2 Å². The fourth-order valence-electron chi connectivity index (χ4n) is 5.70. The molecule has 2 radical (unpaired) electrons. The van der Waals surface area contributed by atoms with Gasteiger partial charge in [0.25, 0.3) is 0 Å². The zero-order chi connectivity index (χ0) is 32.2. The van der Waals surface area contributed by atoms with Crippen LogP contribution in [0.15, 0.2) is 97.1 Å². The Morgan fingerprint density at radius 2 is 0.932 bits per heavy atom. The molecule has 0 heterocycles. The molecular weight excluding hydrogens is 671 g/mol. The molecule has 0 nitrogen and oxygen atoms in total. The van der Waals surface area contributed by atoms with Crippen LogP contribution in [0.2, 0.25) is 13.1 Å². The van der Waals surface area contributed by atoms with E-state index in [2.05, 4.69) is 152 Å². The molecular formula is C40H44Cl2SiZr. The van der Waals surface area contributed by atoms with Crippen molar-refractivity contribution in [1.29, 1.82) is 0 Å². The topological polar surface area (TPSA) is 0 Å². The molecule has 0 unspecified atom stereocenters. The maximum atomic E-state index is 4.93. The van der Waals surface area contributed by atoms with Crippen LogP contribution in [0.4, 0.5) is 0 Å². The van der Waals surface area contributed by atoms with E-state index in [1.165, 1.54) is 77.2 Å². The molecule has 0 atom stereocenters. The molecule has 0 saturated carbocycles. The van der Waals surface area contributed by atoms with Crippen molar-refractivity contribution in [3.8, 4) is 22.3 Å². The number of halogens is 2. The molecule has 6 rings (SSSR count). The van der Waals surface area contributed by atoms with Gasteiger partial charge in [-0.3, -0.25) is 0 Å². The van der Waals surface area contributed by atoms with Crippen molar-refractivity contribution in [2.45, 2.75) is 67.5 Å². The molecule has 44 heavy (non-hydrogen) atoms. The first-order chi connectivity index (χ1) is 21.2. The molecule has 0 amide bonds. The van der Waals surface area contributed by atoms with Crippen molar-refractivity contribution in [3.05, 3.63) is 130 Å². The predicted molar refractivity (Wildman–Crippen MR) is 197 cm³/mol. The van der Waals surface area contributed by atoms with Gasteiger partial charge in [-0.05, 0) is 62.8 Å². The van der Waals surface area contributed by atoms with Crippen LogP contribution in [0.5, 0.6) is 0 Å². The van der Waals surface area contributed by atoms with Crippen LogP contribution >= 0.6 is 17.0 Å². The first-order valence-electron chi connectivity index (χ1n) is 15.3. The minimum atomic E-state index is -0.826. The molecule has 0 aliphatic rings. The molecule has 0 aliphatic heterocycles. The van der Waals surface area contributed by atoms with Crippen LogP contribution in [0.3, 0.4) is 0 Å². The van der Waals surface area contributed by atoms with Gasteiger partial charge in [0.05, 0.1) is 0 Å². The predicted octanol–water partition coefficient (Wildman–Crippen LogP) is 13.0. The first kappa shape index (κ1) is 36.3. The summed E-state index contributed by atoms with van der Waals surface area (Å²) in [6, 6.07) is 35.9. The Morgan fingerprint density at radius 3 is 1.25 bits per heavy atom. The van der Waals surface area contributed by atoms with Crippen LogP contribution < -0.4 is 0 Å². The molecule has 0 N–H and O–H groups in total. The summed E-state index contributed by atoms with van der Waals surface area (Å²) >= 11 is -0.826. The summed E-state index contributed by atoms with van der Waals surface area (Å²) in [6.45, 7) is 17.4. The molecule has 0 saturated heterocycles. The van der Waals surface area contributed by atoms with Crippen molar-refractivity contribution in [3.63, 3.8) is 0 Å². The van der Waals surface area contributed by atoms with Crippen LogP contribution in [-0.2, 0) is 33.7 Å². The molecule has 6 aromatic rings. The maximum absolute atomic E-state index is 4.93. The number of hydrogen-bond acceptors (Lipinski definition) is 0. The van der Waals surface area contributed by atoms with Crippen LogP contribution in [0.25, 0.3) is 43.8 Å². The van der Waals surface area contributed by atoms with E-state index in [0.717, 1.165) is 22.4 Å². The third-order valence-electron chi connectivity index (χ3n) is 7.78. The number of hydrogen-bond donors (Lipinski definition) is 0. The minimum absolute atomic E-state index is 0.826. The second-order valence-electron chi connectivity index (χ2n) is 11.3. The monoisotopic (exact) mass is 712 g/mol. The van der Waals surface area contributed by atoms with E-state index < -0.39 is 20.8 Å². The summed E-state index contributed by atoms with van der Waals surface area (Å²) in [5.41, 5.74) is 13.6. The number of fused-ring (bicyclic) bond motifs is 2. The van der Waals surface area contributed by atoms with Gasteiger partial charge in [0.1, 0.15) is 0 Å². The second kappa shape index (κ2) is 18.1. The van der Waals surface area contributed by atoms with Gasteiger partial charge in [0, 0.05) is 9.52 Å². The summed E-state index contributed by atoms with van der Waals surface area (Å²) in [6.07, 6.45) is 2.20. The Kier molecular flexibility index (Phi) is 14.9. The standard InChI is InChI=1S/2C19H19.C2H6Si.2ClH.Zr/c2*1-4-15-11-16-6-5-7-18(19(16)12-15)17-9-8-13(2)10-14(17)3;1-3-2;;;/h2*5-12H,4H2,1-3H3;1-2H3;2*1H;/q2*-1;;;;+4/p-2. The quantitative estimate of drug-likeness (QED) is 0.126. The fourth-order valence-corrected chi connectivity index (χ4v) is 5.70. The molecule has 6 aromatic carbocycles. The molecule has 0 aromatic heterocycles. The summed E-state index contributed by atoms with van der Waals surface area (Å²) < 4.78 is 0. The van der Waals surface area contributed by atoms with E-state index in [1.807, 2.05) is 0 Å². The van der Waals surface area contributed by atoms with Gasteiger partial charge >= 0.3 is 37.9 Å². The third kappa shape index (κ3) is 9.40. The van der Waals surface area contributed by atoms with E-state index in [4.69, 9.17) is 17.0 Å². The van der Waals surface area contributed by atoms with E-state index in [9.17, 15) is 0 Å². The summed E-state index contributed by atoms with van der Waals surface area (Å²) in [4.78, 5) is 0. The van der Waals surface area contributed by atoms with E-state index in [-0.39, 0.29) is 0 Å². The van der Waals surface area contributed by atoms with Gasteiger partial charge in [-0.2, -0.15) is 12.1 Å². The van der Waals surface area contributed by atoms with Crippen molar-refractivity contribution in [2.75, 3.05) is 0 Å². The Hall–Kier alpha value is -2.22. The summed E-state index contributed by atoms with van der Waals surface area (Å²) in [5, 5.41) is 5.47. The van der Waals surface area contributed by atoms with Crippen molar-refractivity contribution in [1.82, 2.24) is 0 Å². The zero-order valence-electron chi connectivity index (χ0n) is 27.4. The molecule has 226 valence electrons. The van der Waals surface area contributed by atoms with Gasteiger partial charge in [-0.1, -0.05) is 97.7 Å². The van der Waals surface area contributed by atoms with Crippen molar-refractivity contribution < 1.29 is 20.8 Å². The average Bonchev–Trinajstić information content (AvgIpc) is 3.63. The van der Waals surface area contributed by atoms with E-state index >= 15 is 0 Å². The molecule has 0 aliphatic carbocycles. The normalized spacial score (nSPS) is 10.2. The summed E-state index contributed by atoms with van der Waals surface area (Å²) in [7, 11) is 11.0. The van der Waals surface area contributed by atoms with Gasteiger partial charge in [-0.15, -0.1) is 69.1 Å². The van der Waals surface area contributed by atoms with E-state index in [0.29, 0.717) is 0 Å². The van der Waals surface area contributed by atoms with Gasteiger partial charge in [-0.25, -0.2) is 0 Å². The number of rotatable bonds is 4. The van der Waals surface area contributed by atoms with Crippen molar-refractivity contribution in [2.24, 2.45) is 0 Å². The number of aryl methyl sites for hydroxylation is 6. The Bertz CT molecular complexity index is 1640. The van der Waals surface area contributed by atoms with Crippen molar-refractivity contribution >= 4 is 48.1 Å². The van der Waals surface area contributed by atoms with Gasteiger partial charge in [0.2, 0.25) is 0 Å². The molecule has 0 spiro atoms. The second-order valence-corrected chi connectivity index (χ2v) is 16.0. The molecule has 0 bridgehead atoms. The van der Waals surface area contributed by atoms with Crippen LogP contribution in [0, 0.1) is 27.7 Å². The first-order valence-corrected chi connectivity index (χ1v) is 23.6. The Morgan fingerprint density at radius 1 is 0.568 bits per heavy atom. The summed E-state index contributed by atoms with van der Waals surface area (Å²) in [5.74, 6) is 0. The third-order valence-corrected chi connectivity index (χ3v) is 7.78. The Balaban J connectivity index is 0.000000204. The zero-order valence-corrected chi connectivity index (χ0v) is 32.4. The fraction of sp³-hybridized carbons (Fsp3) is 0.250. The van der Waals surface area contributed by atoms with Crippen LogP contribution in [-0.4, -0.2) is 9.52 Å². The molecule has 0 fully saturated rings. The van der Waals surface area contributed by atoms with E-state index in [1.54, 1.807) is 0 Å². The number of benzene rings is 4. The van der Waals surface area contributed by atoms with Gasteiger partial charge < -0.3 is 0 Å². The SMILES string of the molecule is CCc1cc2c(-c3ccc(C)cc3C)cccc2[cH-]1.CCc1cc2c(-c3ccc(C)cc3C)cccc2[cH-]1.C[Si]C.[Cl][Zr+2][Cl]. The Labute approximate surface area is 287 Å². The average molecular weight is 715 g/mol. The molecule has 4 heteroatoms.